The number of para-hydroxylation sites is 1. The molecule has 0 amide bonds. The molecule has 0 radical (unpaired) electrons. The third-order valence-electron chi connectivity index (χ3n) is 8.28. The molecule has 0 fully saturated rings. The van der Waals surface area contributed by atoms with E-state index in [2.05, 4.69) is 71.3 Å². The number of aromatic nitrogens is 4. The minimum atomic E-state index is 0.569. The Bertz CT molecular complexity index is 2500. The summed E-state index contributed by atoms with van der Waals surface area (Å²) < 4.78 is 4.87. The normalized spacial score (nSPS) is 11.7. The van der Waals surface area contributed by atoms with Gasteiger partial charge in [0.1, 0.15) is 0 Å². The van der Waals surface area contributed by atoms with Crippen LogP contribution in [0, 0.1) is 0 Å². The second kappa shape index (κ2) is 10.4. The lowest BCUT2D eigenvalue weighted by Gasteiger charge is -2.13. The summed E-state index contributed by atoms with van der Waals surface area (Å²) in [7, 11) is 0. The number of thiophene rings is 1. The standard InChI is InChI=1S/C39H23ClN4S/c40-27-21-26(39-42-37(24-11-3-1-4-12-24)41-38(43-39)25-13-5-2-6-14-25)22-28(23-27)44-33-17-9-7-15-29(33)31-19-20-32-30-16-8-10-18-34(30)45-36(32)35(31)44/h1-23H. The molecule has 3 heterocycles. The van der Waals surface area contributed by atoms with Gasteiger partial charge in [0.25, 0.3) is 0 Å². The van der Waals surface area contributed by atoms with Crippen LogP contribution >= 0.6 is 22.9 Å². The highest BCUT2D eigenvalue weighted by Gasteiger charge is 2.19. The van der Waals surface area contributed by atoms with Crippen LogP contribution in [0.1, 0.15) is 0 Å². The van der Waals surface area contributed by atoms with Gasteiger partial charge < -0.3 is 4.57 Å². The van der Waals surface area contributed by atoms with E-state index < -0.39 is 0 Å². The SMILES string of the molecule is Clc1cc(-c2nc(-c3ccccc3)nc(-c3ccccc3)n2)cc(-n2c3ccccc3c3ccc4c5ccccc5sc4c32)c1. The molecule has 0 N–H and O–H groups in total. The van der Waals surface area contributed by atoms with E-state index in [1.165, 1.54) is 36.5 Å². The van der Waals surface area contributed by atoms with Gasteiger partial charge >= 0.3 is 0 Å². The number of fused-ring (bicyclic) bond motifs is 7. The van der Waals surface area contributed by atoms with Crippen molar-refractivity contribution in [2.75, 3.05) is 0 Å². The zero-order valence-electron chi connectivity index (χ0n) is 23.9. The van der Waals surface area contributed by atoms with E-state index in [1.807, 2.05) is 84.1 Å². The Morgan fingerprint density at radius 1 is 0.489 bits per heavy atom. The number of hydrogen-bond donors (Lipinski definition) is 0. The summed E-state index contributed by atoms with van der Waals surface area (Å²) in [4.78, 5) is 14.8. The summed E-state index contributed by atoms with van der Waals surface area (Å²) in [6, 6.07) is 47.9. The molecule has 212 valence electrons. The van der Waals surface area contributed by atoms with Crippen molar-refractivity contribution in [1.82, 2.24) is 19.5 Å². The van der Waals surface area contributed by atoms with Gasteiger partial charge in [0.2, 0.25) is 0 Å². The molecule has 0 atom stereocenters. The molecule has 9 rings (SSSR count). The lowest BCUT2D eigenvalue weighted by Crippen LogP contribution is -2.01. The summed E-state index contributed by atoms with van der Waals surface area (Å²) >= 11 is 8.77. The lowest BCUT2D eigenvalue weighted by atomic mass is 10.1. The number of nitrogens with zero attached hydrogens (tertiary/aromatic N) is 4. The first-order chi connectivity index (χ1) is 22.2. The van der Waals surface area contributed by atoms with Gasteiger partial charge in [-0.1, -0.05) is 121 Å². The molecule has 45 heavy (non-hydrogen) atoms. The van der Waals surface area contributed by atoms with E-state index in [0.29, 0.717) is 22.5 Å². The van der Waals surface area contributed by atoms with Gasteiger partial charge in [0, 0.05) is 53.6 Å². The molecular weight excluding hydrogens is 592 g/mol. The molecule has 0 bridgehead atoms. The largest absolute Gasteiger partial charge is 0.308 e. The maximum absolute atomic E-state index is 6.93. The van der Waals surface area contributed by atoms with Gasteiger partial charge in [0.05, 0.1) is 15.7 Å². The van der Waals surface area contributed by atoms with Gasteiger partial charge in [-0.2, -0.15) is 0 Å². The van der Waals surface area contributed by atoms with E-state index in [1.54, 1.807) is 0 Å². The summed E-state index contributed by atoms with van der Waals surface area (Å²) in [5.41, 5.74) is 5.93. The molecular formula is C39H23ClN4S. The average Bonchev–Trinajstić information content (AvgIpc) is 3.65. The molecule has 0 saturated heterocycles. The molecule has 0 unspecified atom stereocenters. The predicted molar refractivity (Wildman–Crippen MR) is 188 cm³/mol. The first kappa shape index (κ1) is 26.1. The molecule has 3 aromatic heterocycles. The lowest BCUT2D eigenvalue weighted by molar-refractivity contribution is 1.07. The maximum atomic E-state index is 6.93. The van der Waals surface area contributed by atoms with Crippen LogP contribution in [0.2, 0.25) is 5.02 Å². The van der Waals surface area contributed by atoms with Crippen LogP contribution in [-0.4, -0.2) is 19.5 Å². The van der Waals surface area contributed by atoms with Gasteiger partial charge in [-0.3, -0.25) is 0 Å². The molecule has 6 heteroatoms. The van der Waals surface area contributed by atoms with Crippen molar-refractivity contribution in [3.63, 3.8) is 0 Å². The van der Waals surface area contributed by atoms with Crippen molar-refractivity contribution in [1.29, 1.82) is 0 Å². The highest BCUT2D eigenvalue weighted by Crippen LogP contribution is 2.43. The number of rotatable bonds is 4. The Morgan fingerprint density at radius 3 is 1.78 bits per heavy atom. The van der Waals surface area contributed by atoms with Gasteiger partial charge in [-0.25, -0.2) is 15.0 Å². The monoisotopic (exact) mass is 614 g/mol. The zero-order valence-corrected chi connectivity index (χ0v) is 25.4. The molecule has 0 aliphatic heterocycles. The predicted octanol–water partition coefficient (Wildman–Crippen LogP) is 11.0. The molecule has 0 aliphatic carbocycles. The Morgan fingerprint density at radius 2 is 1.07 bits per heavy atom. The fraction of sp³-hybridized carbons (Fsp3) is 0. The molecule has 6 aromatic carbocycles. The topological polar surface area (TPSA) is 43.6 Å². The Hall–Kier alpha value is -5.36. The first-order valence-corrected chi connectivity index (χ1v) is 15.9. The van der Waals surface area contributed by atoms with Crippen molar-refractivity contribution in [2.24, 2.45) is 0 Å². The second-order valence-electron chi connectivity index (χ2n) is 11.0. The van der Waals surface area contributed by atoms with E-state index >= 15 is 0 Å². The van der Waals surface area contributed by atoms with Crippen molar-refractivity contribution >= 4 is 64.9 Å². The van der Waals surface area contributed by atoms with Crippen LogP contribution in [0.15, 0.2) is 140 Å². The van der Waals surface area contributed by atoms with E-state index in [0.717, 1.165) is 27.9 Å². The minimum Gasteiger partial charge on any atom is -0.308 e. The van der Waals surface area contributed by atoms with Crippen molar-refractivity contribution < 1.29 is 0 Å². The van der Waals surface area contributed by atoms with Crippen LogP contribution in [-0.2, 0) is 0 Å². The number of hydrogen-bond acceptors (Lipinski definition) is 4. The second-order valence-corrected chi connectivity index (χ2v) is 12.5. The molecule has 0 spiro atoms. The van der Waals surface area contributed by atoms with E-state index in [-0.39, 0.29) is 0 Å². The van der Waals surface area contributed by atoms with E-state index in [9.17, 15) is 0 Å². The van der Waals surface area contributed by atoms with E-state index in [4.69, 9.17) is 26.6 Å². The fourth-order valence-electron chi connectivity index (χ4n) is 6.27. The highest BCUT2D eigenvalue weighted by molar-refractivity contribution is 7.26. The molecule has 0 saturated carbocycles. The summed E-state index contributed by atoms with van der Waals surface area (Å²) in [5, 5.41) is 5.55. The third-order valence-corrected chi connectivity index (χ3v) is 9.69. The van der Waals surface area contributed by atoms with Gasteiger partial charge in [-0.05, 0) is 30.3 Å². The highest BCUT2D eigenvalue weighted by atomic mass is 35.5. The van der Waals surface area contributed by atoms with Crippen LogP contribution < -0.4 is 0 Å². The Labute approximate surface area is 267 Å². The van der Waals surface area contributed by atoms with Crippen LogP contribution in [0.5, 0.6) is 0 Å². The van der Waals surface area contributed by atoms with Crippen molar-refractivity contribution in [2.45, 2.75) is 0 Å². The van der Waals surface area contributed by atoms with Crippen LogP contribution in [0.25, 0.3) is 81.8 Å². The number of halogens is 1. The Balaban J connectivity index is 1.32. The molecule has 9 aromatic rings. The summed E-state index contributed by atoms with van der Waals surface area (Å²) in [6.45, 7) is 0. The van der Waals surface area contributed by atoms with Gasteiger partial charge in [0.15, 0.2) is 17.5 Å². The van der Waals surface area contributed by atoms with Crippen molar-refractivity contribution in [3.8, 4) is 39.9 Å². The first-order valence-electron chi connectivity index (χ1n) is 14.7. The average molecular weight is 615 g/mol. The van der Waals surface area contributed by atoms with Crippen LogP contribution in [0.3, 0.4) is 0 Å². The summed E-state index contributed by atoms with van der Waals surface area (Å²) in [5.74, 6) is 1.80. The van der Waals surface area contributed by atoms with Gasteiger partial charge in [-0.15, -0.1) is 11.3 Å². The summed E-state index contributed by atoms with van der Waals surface area (Å²) in [6.07, 6.45) is 0. The maximum Gasteiger partial charge on any atom is 0.164 e. The van der Waals surface area contributed by atoms with Crippen LogP contribution in [0.4, 0.5) is 0 Å². The van der Waals surface area contributed by atoms with Crippen molar-refractivity contribution in [3.05, 3.63) is 145 Å². The zero-order chi connectivity index (χ0) is 29.9. The Kier molecular flexibility index (Phi) is 6.01. The quantitative estimate of drug-likeness (QED) is 0.198. The number of benzene rings is 6. The molecule has 0 aliphatic rings. The molecule has 4 nitrogen and oxygen atoms in total. The fourth-order valence-corrected chi connectivity index (χ4v) is 7.74. The minimum absolute atomic E-state index is 0.569. The smallest absolute Gasteiger partial charge is 0.164 e. The third kappa shape index (κ3) is 4.32.